The van der Waals surface area contributed by atoms with E-state index in [1.807, 2.05) is 4.98 Å². The number of aliphatic hydroxyl groups excluding tert-OH is 2. The number of aliphatic hydroxyl groups is 2. The molecule has 1 aromatic heterocycles. The van der Waals surface area contributed by atoms with Crippen LogP contribution in [0.4, 0.5) is 0 Å². The molecule has 0 amide bonds. The van der Waals surface area contributed by atoms with E-state index < -0.39 is 50.6 Å². The van der Waals surface area contributed by atoms with E-state index >= 15 is 0 Å². The zero-order valence-corrected chi connectivity index (χ0v) is 15.1. The van der Waals surface area contributed by atoms with Crippen molar-refractivity contribution in [2.75, 3.05) is 19.4 Å². The molecule has 10 nitrogen and oxygen atoms in total. The Hall–Kier alpha value is -0.290. The molecule has 0 aliphatic carbocycles. The van der Waals surface area contributed by atoms with Gasteiger partial charge in [0.15, 0.2) is 6.23 Å². The van der Waals surface area contributed by atoms with Gasteiger partial charge in [0.1, 0.15) is 0 Å². The van der Waals surface area contributed by atoms with Crippen LogP contribution in [0.3, 0.4) is 0 Å². The van der Waals surface area contributed by atoms with Gasteiger partial charge in [-0.15, -0.1) is 0 Å². The molecule has 0 spiro atoms. The summed E-state index contributed by atoms with van der Waals surface area (Å²) in [5.74, 6) is 0. The molecular weight excluding hydrogens is 330 g/mol. The molecule has 1 rings (SSSR count). The van der Waals surface area contributed by atoms with Gasteiger partial charge in [0, 0.05) is 41.3 Å². The molecule has 2 unspecified atom stereocenters. The van der Waals surface area contributed by atoms with Crippen molar-refractivity contribution < 1.29 is 29.3 Å². The second kappa shape index (κ2) is 9.11. The maximum absolute atomic E-state index is 11.6. The maximum Gasteiger partial charge on any atom is 0.330 e. The SMILES string of the molecule is Cc1cn(C(CO)OC(CO)CP(=O)(O)O)c(=O)[nH]c1=O.[Na]. The fourth-order valence-corrected chi connectivity index (χ4v) is 2.36. The molecule has 0 aromatic carbocycles. The van der Waals surface area contributed by atoms with Crippen LogP contribution >= 0.6 is 7.60 Å². The first-order chi connectivity index (χ1) is 9.67. The molecule has 0 aliphatic rings. The molecule has 0 saturated heterocycles. The number of H-pyrrole nitrogens is 1. The minimum atomic E-state index is -4.44. The van der Waals surface area contributed by atoms with E-state index in [9.17, 15) is 19.3 Å². The Morgan fingerprint density at radius 3 is 2.36 bits per heavy atom. The number of aromatic amines is 1. The van der Waals surface area contributed by atoms with Gasteiger partial charge in [0.05, 0.1) is 25.5 Å². The average molecular weight is 347 g/mol. The van der Waals surface area contributed by atoms with Gasteiger partial charge in [-0.1, -0.05) is 0 Å². The van der Waals surface area contributed by atoms with Crippen LogP contribution in [0, 0.1) is 6.92 Å². The van der Waals surface area contributed by atoms with Crippen LogP contribution in [0.1, 0.15) is 11.8 Å². The van der Waals surface area contributed by atoms with Crippen molar-refractivity contribution in [1.29, 1.82) is 0 Å². The number of hydrogen-bond donors (Lipinski definition) is 5. The first kappa shape index (κ1) is 21.7. The molecule has 0 bridgehead atoms. The Bertz CT molecular complexity index is 639. The third-order valence-electron chi connectivity index (χ3n) is 2.61. The van der Waals surface area contributed by atoms with Gasteiger partial charge in [-0.25, -0.2) is 4.79 Å². The molecule has 12 heteroatoms. The molecule has 0 saturated carbocycles. The minimum absolute atomic E-state index is 0. The van der Waals surface area contributed by atoms with E-state index in [4.69, 9.17) is 19.6 Å². The van der Waals surface area contributed by atoms with E-state index in [0.29, 0.717) is 0 Å². The third-order valence-corrected chi connectivity index (χ3v) is 3.49. The summed E-state index contributed by atoms with van der Waals surface area (Å²) in [6.07, 6.45) is -2.19. The van der Waals surface area contributed by atoms with Gasteiger partial charge < -0.3 is 24.7 Å². The van der Waals surface area contributed by atoms with E-state index in [0.717, 1.165) is 10.8 Å². The van der Waals surface area contributed by atoms with Crippen molar-refractivity contribution in [3.63, 3.8) is 0 Å². The van der Waals surface area contributed by atoms with E-state index in [1.165, 1.54) is 6.92 Å². The third kappa shape index (κ3) is 6.45. The van der Waals surface area contributed by atoms with Gasteiger partial charge in [0.25, 0.3) is 5.56 Å². The number of aromatic nitrogens is 2. The summed E-state index contributed by atoms with van der Waals surface area (Å²) in [4.78, 5) is 42.6. The molecule has 5 N–H and O–H groups in total. The van der Waals surface area contributed by atoms with Gasteiger partial charge >= 0.3 is 13.3 Å². The predicted octanol–water partition coefficient (Wildman–Crippen LogP) is -2.49. The number of nitrogens with one attached hydrogen (secondary N) is 1. The zero-order chi connectivity index (χ0) is 16.2. The Kier molecular flexibility index (Phi) is 8.99. The fraction of sp³-hybridized carbons (Fsp3) is 0.600. The van der Waals surface area contributed by atoms with Crippen molar-refractivity contribution in [3.8, 4) is 0 Å². The van der Waals surface area contributed by atoms with Crippen LogP contribution in [-0.4, -0.2) is 84.6 Å². The molecule has 121 valence electrons. The molecule has 0 aliphatic heterocycles. The van der Waals surface area contributed by atoms with Crippen LogP contribution in [-0.2, 0) is 9.30 Å². The van der Waals surface area contributed by atoms with E-state index in [2.05, 4.69) is 0 Å². The summed E-state index contributed by atoms with van der Waals surface area (Å²) < 4.78 is 16.9. The summed E-state index contributed by atoms with van der Waals surface area (Å²) in [6.45, 7) is 0.0319. The van der Waals surface area contributed by atoms with Crippen molar-refractivity contribution >= 4 is 37.2 Å². The van der Waals surface area contributed by atoms with E-state index in [1.54, 1.807) is 0 Å². The normalized spacial score (nSPS) is 14.2. The quantitative estimate of drug-likeness (QED) is 0.267. The maximum atomic E-state index is 11.6. The van der Waals surface area contributed by atoms with Crippen molar-refractivity contribution in [1.82, 2.24) is 9.55 Å². The van der Waals surface area contributed by atoms with Crippen LogP contribution in [0.15, 0.2) is 15.8 Å². The van der Waals surface area contributed by atoms with Crippen LogP contribution < -0.4 is 11.2 Å². The van der Waals surface area contributed by atoms with Gasteiger partial charge in [0.2, 0.25) is 0 Å². The molecule has 1 aromatic rings. The largest absolute Gasteiger partial charge is 0.394 e. The van der Waals surface area contributed by atoms with Crippen LogP contribution in [0.5, 0.6) is 0 Å². The van der Waals surface area contributed by atoms with Crippen LogP contribution in [0.25, 0.3) is 0 Å². The van der Waals surface area contributed by atoms with Gasteiger partial charge in [-0.2, -0.15) is 0 Å². The molecule has 2 atom stereocenters. The smallest absolute Gasteiger partial charge is 0.330 e. The van der Waals surface area contributed by atoms with Crippen molar-refractivity contribution in [3.05, 3.63) is 32.6 Å². The van der Waals surface area contributed by atoms with Crippen molar-refractivity contribution in [2.45, 2.75) is 19.3 Å². The summed E-state index contributed by atoms with van der Waals surface area (Å²) >= 11 is 0. The standard InChI is InChI=1S/C10H17N2O8P.Na/c1-6-2-12(10(16)11-9(6)15)8(4-14)20-7(3-13)5-21(17,18)19;/h2,7-8,13-14H,3-5H2,1H3,(H,11,15,16)(H2,17,18,19);. The molecule has 1 radical (unpaired) electrons. The number of nitrogens with zero attached hydrogens (tertiary/aromatic N) is 1. The first-order valence-corrected chi connectivity index (χ1v) is 7.71. The average Bonchev–Trinajstić information content (AvgIpc) is 2.37. The second-order valence-electron chi connectivity index (χ2n) is 4.40. The Balaban J connectivity index is 0.00000441. The van der Waals surface area contributed by atoms with Crippen molar-refractivity contribution in [2.24, 2.45) is 0 Å². The summed E-state index contributed by atoms with van der Waals surface area (Å²) in [6, 6.07) is 0. The fourth-order valence-electron chi connectivity index (χ4n) is 1.63. The Labute approximate surface area is 147 Å². The number of ether oxygens (including phenoxy) is 1. The predicted molar refractivity (Wildman–Crippen MR) is 76.8 cm³/mol. The number of aryl methyl sites for hydroxylation is 1. The van der Waals surface area contributed by atoms with E-state index in [-0.39, 0.29) is 35.1 Å². The number of hydrogen-bond acceptors (Lipinski definition) is 6. The Morgan fingerprint density at radius 1 is 1.32 bits per heavy atom. The monoisotopic (exact) mass is 347 g/mol. The minimum Gasteiger partial charge on any atom is -0.394 e. The summed E-state index contributed by atoms with van der Waals surface area (Å²) in [5, 5.41) is 18.3. The molecular formula is C10H17N2NaO8P. The summed E-state index contributed by atoms with van der Waals surface area (Å²) in [7, 11) is -4.44. The Morgan fingerprint density at radius 2 is 1.91 bits per heavy atom. The molecule has 1 heterocycles. The topological polar surface area (TPSA) is 162 Å². The zero-order valence-electron chi connectivity index (χ0n) is 12.2. The summed E-state index contributed by atoms with van der Waals surface area (Å²) in [5.41, 5.74) is -1.26. The van der Waals surface area contributed by atoms with Crippen LogP contribution in [0.2, 0.25) is 0 Å². The first-order valence-electron chi connectivity index (χ1n) is 5.91. The van der Waals surface area contributed by atoms with Gasteiger partial charge in [-0.05, 0) is 6.92 Å². The van der Waals surface area contributed by atoms with Gasteiger partial charge in [-0.3, -0.25) is 18.9 Å². The molecule has 22 heavy (non-hydrogen) atoms. The second-order valence-corrected chi connectivity index (χ2v) is 6.10. The number of rotatable bonds is 7. The molecule has 0 fully saturated rings.